The summed E-state index contributed by atoms with van der Waals surface area (Å²) in [5.74, 6) is 1.16. The van der Waals surface area contributed by atoms with Crippen LogP contribution in [0.4, 0.5) is 0 Å². The summed E-state index contributed by atoms with van der Waals surface area (Å²) in [5.41, 5.74) is 3.93. The van der Waals surface area contributed by atoms with Crippen molar-refractivity contribution in [2.45, 2.75) is 38.8 Å². The van der Waals surface area contributed by atoms with Gasteiger partial charge >= 0.3 is 0 Å². The molecule has 1 unspecified atom stereocenters. The molecule has 0 fully saturated rings. The van der Waals surface area contributed by atoms with Crippen LogP contribution >= 0.6 is 15.9 Å². The van der Waals surface area contributed by atoms with Crippen LogP contribution in [0.2, 0.25) is 0 Å². The van der Waals surface area contributed by atoms with Gasteiger partial charge in [-0.25, -0.2) is 0 Å². The van der Waals surface area contributed by atoms with E-state index >= 15 is 0 Å². The zero-order valence-corrected chi connectivity index (χ0v) is 12.7. The molecular formula is C16H18BrNO. The molecule has 1 aromatic heterocycles. The summed E-state index contributed by atoms with van der Waals surface area (Å²) in [5, 5.41) is 3.65. The normalized spacial score (nSPS) is 18.3. The second-order valence-corrected chi connectivity index (χ2v) is 6.07. The number of hydrogen-bond acceptors (Lipinski definition) is 2. The van der Waals surface area contributed by atoms with Gasteiger partial charge in [-0.1, -0.05) is 28.1 Å². The molecule has 0 saturated heterocycles. The lowest BCUT2D eigenvalue weighted by Gasteiger charge is -2.23. The maximum atomic E-state index is 5.53. The maximum absolute atomic E-state index is 5.53. The van der Waals surface area contributed by atoms with Gasteiger partial charge in [-0.2, -0.15) is 0 Å². The lowest BCUT2D eigenvalue weighted by atomic mass is 9.93. The molecule has 2 aromatic rings. The Morgan fingerprint density at radius 3 is 3.11 bits per heavy atom. The molecule has 100 valence electrons. The van der Waals surface area contributed by atoms with Crippen LogP contribution in [0.25, 0.3) is 0 Å². The lowest BCUT2D eigenvalue weighted by Crippen LogP contribution is -2.24. The minimum absolute atomic E-state index is 0.427. The number of benzene rings is 1. The van der Waals surface area contributed by atoms with Crippen LogP contribution in [0.15, 0.2) is 39.4 Å². The van der Waals surface area contributed by atoms with Gasteiger partial charge in [0.15, 0.2) is 0 Å². The predicted octanol–water partition coefficient (Wildman–Crippen LogP) is 4.52. The standard InChI is InChI=1S/C16H18BrNO/c1-11-5-6-12(14(17)9-11)10-18-15-3-2-4-16-13(15)7-8-19-16/h5-9,15,18H,2-4,10H2,1H3. The van der Waals surface area contributed by atoms with Gasteiger partial charge in [0.25, 0.3) is 0 Å². The summed E-state index contributed by atoms with van der Waals surface area (Å²) in [6.45, 7) is 3.00. The predicted molar refractivity (Wildman–Crippen MR) is 80.1 cm³/mol. The van der Waals surface area contributed by atoms with Gasteiger partial charge < -0.3 is 9.73 Å². The van der Waals surface area contributed by atoms with Gasteiger partial charge in [-0.05, 0) is 43.0 Å². The van der Waals surface area contributed by atoms with Crippen LogP contribution in [0, 0.1) is 6.92 Å². The molecule has 3 rings (SSSR count). The second-order valence-electron chi connectivity index (χ2n) is 5.22. The highest BCUT2D eigenvalue weighted by molar-refractivity contribution is 9.10. The highest BCUT2D eigenvalue weighted by Crippen LogP contribution is 2.31. The lowest BCUT2D eigenvalue weighted by molar-refractivity contribution is 0.410. The fourth-order valence-corrected chi connectivity index (χ4v) is 3.36. The van der Waals surface area contributed by atoms with Crippen molar-refractivity contribution in [3.05, 3.63) is 57.5 Å². The number of rotatable bonds is 3. The number of nitrogens with one attached hydrogen (secondary N) is 1. The molecule has 0 aliphatic heterocycles. The Hall–Kier alpha value is -1.06. The number of furan rings is 1. The molecule has 2 nitrogen and oxygen atoms in total. The van der Waals surface area contributed by atoms with Crippen molar-refractivity contribution in [1.82, 2.24) is 5.32 Å². The molecule has 3 heteroatoms. The van der Waals surface area contributed by atoms with Crippen molar-refractivity contribution >= 4 is 15.9 Å². The van der Waals surface area contributed by atoms with Gasteiger partial charge in [0, 0.05) is 29.0 Å². The minimum atomic E-state index is 0.427. The first-order chi connectivity index (χ1) is 9.24. The van der Waals surface area contributed by atoms with E-state index in [9.17, 15) is 0 Å². The SMILES string of the molecule is Cc1ccc(CNC2CCCc3occc32)c(Br)c1. The second kappa shape index (κ2) is 5.51. The fraction of sp³-hybridized carbons (Fsp3) is 0.375. The summed E-state index contributed by atoms with van der Waals surface area (Å²) in [6.07, 6.45) is 5.28. The van der Waals surface area contributed by atoms with E-state index in [2.05, 4.69) is 52.4 Å². The van der Waals surface area contributed by atoms with Crippen molar-refractivity contribution in [3.8, 4) is 0 Å². The van der Waals surface area contributed by atoms with Gasteiger partial charge in [0.1, 0.15) is 5.76 Å². The van der Waals surface area contributed by atoms with Crippen LogP contribution in [0.5, 0.6) is 0 Å². The topological polar surface area (TPSA) is 25.2 Å². The highest BCUT2D eigenvalue weighted by atomic mass is 79.9. The Morgan fingerprint density at radius 2 is 2.26 bits per heavy atom. The zero-order chi connectivity index (χ0) is 13.2. The molecule has 1 heterocycles. The van der Waals surface area contributed by atoms with E-state index in [1.807, 2.05) is 6.26 Å². The first-order valence-electron chi connectivity index (χ1n) is 6.79. The van der Waals surface area contributed by atoms with Crippen molar-refractivity contribution in [1.29, 1.82) is 0 Å². The van der Waals surface area contributed by atoms with E-state index in [1.54, 1.807) is 0 Å². The van der Waals surface area contributed by atoms with Crippen LogP contribution in [0.1, 0.15) is 41.3 Å². The summed E-state index contributed by atoms with van der Waals surface area (Å²) >= 11 is 3.64. The average molecular weight is 320 g/mol. The van der Waals surface area contributed by atoms with E-state index in [4.69, 9.17) is 4.42 Å². The van der Waals surface area contributed by atoms with Crippen molar-refractivity contribution in [2.24, 2.45) is 0 Å². The maximum Gasteiger partial charge on any atom is 0.108 e. The Balaban J connectivity index is 1.71. The fourth-order valence-electron chi connectivity index (χ4n) is 2.73. The highest BCUT2D eigenvalue weighted by Gasteiger charge is 2.22. The van der Waals surface area contributed by atoms with Crippen molar-refractivity contribution < 1.29 is 4.42 Å². The number of fused-ring (bicyclic) bond motifs is 1. The van der Waals surface area contributed by atoms with Gasteiger partial charge in [-0.3, -0.25) is 0 Å². The first kappa shape index (κ1) is 12.9. The summed E-state index contributed by atoms with van der Waals surface area (Å²) in [7, 11) is 0. The molecule has 19 heavy (non-hydrogen) atoms. The Morgan fingerprint density at radius 1 is 1.37 bits per heavy atom. The quantitative estimate of drug-likeness (QED) is 0.899. The molecule has 0 amide bonds. The van der Waals surface area contributed by atoms with Crippen LogP contribution < -0.4 is 5.32 Å². The Bertz CT molecular complexity index is 576. The summed E-state index contributed by atoms with van der Waals surface area (Å²) in [4.78, 5) is 0. The largest absolute Gasteiger partial charge is 0.469 e. The molecule has 0 radical (unpaired) electrons. The third-order valence-electron chi connectivity index (χ3n) is 3.80. The summed E-state index contributed by atoms with van der Waals surface area (Å²) < 4.78 is 6.71. The monoisotopic (exact) mass is 319 g/mol. The van der Waals surface area contributed by atoms with Gasteiger partial charge in [-0.15, -0.1) is 0 Å². The smallest absolute Gasteiger partial charge is 0.108 e. The number of hydrogen-bond donors (Lipinski definition) is 1. The summed E-state index contributed by atoms with van der Waals surface area (Å²) in [6, 6.07) is 9.05. The van der Waals surface area contributed by atoms with Gasteiger partial charge in [0.2, 0.25) is 0 Å². The van der Waals surface area contributed by atoms with E-state index in [0.29, 0.717) is 6.04 Å². The third kappa shape index (κ3) is 2.77. The molecule has 0 spiro atoms. The van der Waals surface area contributed by atoms with Crippen molar-refractivity contribution in [2.75, 3.05) is 0 Å². The Labute approximate surface area is 122 Å². The Kier molecular flexibility index (Phi) is 3.76. The molecule has 0 bridgehead atoms. The van der Waals surface area contributed by atoms with Crippen molar-refractivity contribution in [3.63, 3.8) is 0 Å². The van der Waals surface area contributed by atoms with Crippen LogP contribution in [0.3, 0.4) is 0 Å². The van der Waals surface area contributed by atoms with Crippen LogP contribution in [-0.4, -0.2) is 0 Å². The molecule has 1 atom stereocenters. The number of halogens is 1. The average Bonchev–Trinajstić information content (AvgIpc) is 2.86. The molecule has 1 aromatic carbocycles. The molecule has 0 saturated carbocycles. The van der Waals surface area contributed by atoms with E-state index in [1.165, 1.54) is 34.0 Å². The molecule has 1 aliphatic rings. The zero-order valence-electron chi connectivity index (χ0n) is 11.1. The molecule has 1 aliphatic carbocycles. The van der Waals surface area contributed by atoms with Gasteiger partial charge in [0.05, 0.1) is 6.26 Å². The van der Waals surface area contributed by atoms with E-state index < -0.39 is 0 Å². The molecular weight excluding hydrogens is 302 g/mol. The number of aryl methyl sites for hydroxylation is 2. The van der Waals surface area contributed by atoms with E-state index in [-0.39, 0.29) is 0 Å². The third-order valence-corrected chi connectivity index (χ3v) is 4.54. The minimum Gasteiger partial charge on any atom is -0.469 e. The van der Waals surface area contributed by atoms with E-state index in [0.717, 1.165) is 18.7 Å². The van der Waals surface area contributed by atoms with Crippen LogP contribution in [-0.2, 0) is 13.0 Å². The molecule has 1 N–H and O–H groups in total. The first-order valence-corrected chi connectivity index (χ1v) is 7.58.